The molecule has 4 N–H and O–H groups in total. The zero-order valence-electron chi connectivity index (χ0n) is 9.49. The number of nitrogens with zero attached hydrogens (tertiary/aromatic N) is 1. The van der Waals surface area contributed by atoms with Crippen LogP contribution in [-0.2, 0) is 4.79 Å². The van der Waals surface area contributed by atoms with Crippen molar-refractivity contribution in [3.63, 3.8) is 0 Å². The van der Waals surface area contributed by atoms with E-state index in [1.54, 1.807) is 12.4 Å². The number of carbonyl (C=O) groups is 1. The van der Waals surface area contributed by atoms with Crippen LogP contribution < -0.4 is 16.4 Å². The van der Waals surface area contributed by atoms with Gasteiger partial charge in [0.1, 0.15) is 0 Å². The Morgan fingerprint density at radius 2 is 2.06 bits per heavy atom. The number of pyridine rings is 1. The average Bonchev–Trinajstić information content (AvgIpc) is 2.25. The fourth-order valence-electron chi connectivity index (χ4n) is 1.33. The third-order valence-corrected chi connectivity index (χ3v) is 2.05. The SMILES string of the molecule is CCNc1cncc(NCCCC(N)=O)c1. The molecule has 0 radical (unpaired) electrons. The summed E-state index contributed by atoms with van der Waals surface area (Å²) in [4.78, 5) is 14.6. The fraction of sp³-hybridized carbons (Fsp3) is 0.455. The van der Waals surface area contributed by atoms with Gasteiger partial charge >= 0.3 is 0 Å². The molecule has 1 rings (SSSR count). The predicted molar refractivity (Wildman–Crippen MR) is 65.3 cm³/mol. The van der Waals surface area contributed by atoms with Gasteiger partial charge in [0, 0.05) is 19.5 Å². The summed E-state index contributed by atoms with van der Waals surface area (Å²) in [5.74, 6) is -0.263. The molecule has 0 saturated carbocycles. The van der Waals surface area contributed by atoms with Crippen LogP contribution in [0.4, 0.5) is 11.4 Å². The van der Waals surface area contributed by atoms with Crippen LogP contribution in [0, 0.1) is 0 Å². The topological polar surface area (TPSA) is 80.0 Å². The molecule has 1 aromatic heterocycles. The highest BCUT2D eigenvalue weighted by Crippen LogP contribution is 2.12. The van der Waals surface area contributed by atoms with Crippen LogP contribution >= 0.6 is 0 Å². The van der Waals surface area contributed by atoms with Crippen LogP contribution in [0.3, 0.4) is 0 Å². The van der Waals surface area contributed by atoms with Gasteiger partial charge in [-0.15, -0.1) is 0 Å². The maximum atomic E-state index is 10.5. The Bertz CT molecular complexity index is 341. The molecule has 0 saturated heterocycles. The minimum Gasteiger partial charge on any atom is -0.384 e. The van der Waals surface area contributed by atoms with Crippen molar-refractivity contribution in [3.8, 4) is 0 Å². The van der Waals surface area contributed by atoms with E-state index < -0.39 is 0 Å². The molecule has 0 aliphatic rings. The summed E-state index contributed by atoms with van der Waals surface area (Å²) >= 11 is 0. The Hall–Kier alpha value is -1.78. The highest BCUT2D eigenvalue weighted by Gasteiger charge is 1.97. The Morgan fingerprint density at radius 1 is 1.38 bits per heavy atom. The molecule has 16 heavy (non-hydrogen) atoms. The lowest BCUT2D eigenvalue weighted by molar-refractivity contribution is -0.118. The highest BCUT2D eigenvalue weighted by atomic mass is 16.1. The summed E-state index contributed by atoms with van der Waals surface area (Å²) in [6.07, 6.45) is 4.68. The van der Waals surface area contributed by atoms with E-state index in [1.165, 1.54) is 0 Å². The molecule has 0 spiro atoms. The largest absolute Gasteiger partial charge is 0.384 e. The number of hydrogen-bond donors (Lipinski definition) is 3. The minimum atomic E-state index is -0.263. The second-order valence-electron chi connectivity index (χ2n) is 3.49. The van der Waals surface area contributed by atoms with Crippen molar-refractivity contribution in [1.29, 1.82) is 0 Å². The Labute approximate surface area is 95.4 Å². The second-order valence-corrected chi connectivity index (χ2v) is 3.49. The van der Waals surface area contributed by atoms with Crippen molar-refractivity contribution in [2.24, 2.45) is 5.73 Å². The van der Waals surface area contributed by atoms with Crippen molar-refractivity contribution in [2.45, 2.75) is 19.8 Å². The van der Waals surface area contributed by atoms with Gasteiger partial charge < -0.3 is 16.4 Å². The van der Waals surface area contributed by atoms with E-state index in [1.807, 2.05) is 13.0 Å². The normalized spacial score (nSPS) is 9.81. The van der Waals surface area contributed by atoms with E-state index in [0.29, 0.717) is 6.42 Å². The lowest BCUT2D eigenvalue weighted by Gasteiger charge is -2.07. The van der Waals surface area contributed by atoms with Crippen molar-refractivity contribution in [2.75, 3.05) is 23.7 Å². The van der Waals surface area contributed by atoms with Crippen LogP contribution in [-0.4, -0.2) is 24.0 Å². The van der Waals surface area contributed by atoms with Gasteiger partial charge in [-0.25, -0.2) is 0 Å². The Kier molecular flexibility index (Phi) is 5.11. The van der Waals surface area contributed by atoms with E-state index >= 15 is 0 Å². The number of amides is 1. The maximum absolute atomic E-state index is 10.5. The Morgan fingerprint density at radius 3 is 2.69 bits per heavy atom. The molecule has 1 heterocycles. The molecule has 0 unspecified atom stereocenters. The Balaban J connectivity index is 2.35. The predicted octanol–water partition coefficient (Wildman–Crippen LogP) is 1.19. The van der Waals surface area contributed by atoms with Gasteiger partial charge in [-0.2, -0.15) is 0 Å². The average molecular weight is 222 g/mol. The number of hydrogen-bond acceptors (Lipinski definition) is 4. The molecule has 0 atom stereocenters. The standard InChI is InChI=1S/C11H18N4O/c1-2-14-9-6-10(8-13-7-9)15-5-3-4-11(12)16/h6-8,14-15H,2-5H2,1H3,(H2,12,16). The summed E-state index contributed by atoms with van der Waals surface area (Å²) in [7, 11) is 0. The first-order valence-electron chi connectivity index (χ1n) is 5.43. The number of primary amides is 1. The van der Waals surface area contributed by atoms with Crippen LogP contribution in [0.15, 0.2) is 18.5 Å². The highest BCUT2D eigenvalue weighted by molar-refractivity contribution is 5.73. The number of nitrogens with two attached hydrogens (primary N) is 1. The van der Waals surface area contributed by atoms with E-state index in [4.69, 9.17) is 5.73 Å². The van der Waals surface area contributed by atoms with E-state index in [2.05, 4.69) is 15.6 Å². The molecule has 5 nitrogen and oxygen atoms in total. The molecule has 1 aromatic rings. The first-order chi connectivity index (χ1) is 7.72. The van der Waals surface area contributed by atoms with E-state index in [0.717, 1.165) is 30.9 Å². The molecule has 0 bridgehead atoms. The number of carbonyl (C=O) groups excluding carboxylic acids is 1. The van der Waals surface area contributed by atoms with Gasteiger partial charge in [-0.05, 0) is 19.4 Å². The van der Waals surface area contributed by atoms with E-state index in [9.17, 15) is 4.79 Å². The van der Waals surface area contributed by atoms with Gasteiger partial charge in [0.05, 0.1) is 23.8 Å². The number of rotatable bonds is 7. The van der Waals surface area contributed by atoms with Crippen LogP contribution in [0.2, 0.25) is 0 Å². The van der Waals surface area contributed by atoms with Crippen LogP contribution in [0.1, 0.15) is 19.8 Å². The smallest absolute Gasteiger partial charge is 0.217 e. The minimum absolute atomic E-state index is 0.263. The van der Waals surface area contributed by atoms with Crippen molar-refractivity contribution >= 4 is 17.3 Å². The van der Waals surface area contributed by atoms with Crippen molar-refractivity contribution in [1.82, 2.24) is 4.98 Å². The molecule has 1 amide bonds. The van der Waals surface area contributed by atoms with Crippen LogP contribution in [0.25, 0.3) is 0 Å². The third-order valence-electron chi connectivity index (χ3n) is 2.05. The molecule has 0 aliphatic carbocycles. The summed E-state index contributed by atoms with van der Waals surface area (Å²) in [5, 5.41) is 6.37. The molecule has 0 aliphatic heterocycles. The van der Waals surface area contributed by atoms with Gasteiger partial charge in [0.15, 0.2) is 0 Å². The summed E-state index contributed by atoms with van der Waals surface area (Å²) in [6, 6.07) is 1.99. The summed E-state index contributed by atoms with van der Waals surface area (Å²) < 4.78 is 0. The summed E-state index contributed by atoms with van der Waals surface area (Å²) in [6.45, 7) is 3.62. The fourth-order valence-corrected chi connectivity index (χ4v) is 1.33. The number of aromatic nitrogens is 1. The number of nitrogens with one attached hydrogen (secondary N) is 2. The molecule has 0 fully saturated rings. The first-order valence-corrected chi connectivity index (χ1v) is 5.43. The molecular weight excluding hydrogens is 204 g/mol. The van der Waals surface area contributed by atoms with Gasteiger partial charge in [0.2, 0.25) is 5.91 Å². The zero-order chi connectivity index (χ0) is 11.8. The molecule has 5 heteroatoms. The maximum Gasteiger partial charge on any atom is 0.217 e. The third kappa shape index (κ3) is 4.63. The summed E-state index contributed by atoms with van der Waals surface area (Å²) in [5.41, 5.74) is 6.98. The second kappa shape index (κ2) is 6.66. The lowest BCUT2D eigenvalue weighted by atomic mass is 10.3. The monoisotopic (exact) mass is 222 g/mol. The number of anilines is 2. The van der Waals surface area contributed by atoms with Gasteiger partial charge in [-0.3, -0.25) is 9.78 Å². The van der Waals surface area contributed by atoms with Gasteiger partial charge in [-0.1, -0.05) is 0 Å². The van der Waals surface area contributed by atoms with Crippen LogP contribution in [0.5, 0.6) is 0 Å². The zero-order valence-corrected chi connectivity index (χ0v) is 9.49. The van der Waals surface area contributed by atoms with Crippen molar-refractivity contribution in [3.05, 3.63) is 18.5 Å². The van der Waals surface area contributed by atoms with Gasteiger partial charge in [0.25, 0.3) is 0 Å². The first kappa shape index (κ1) is 12.3. The van der Waals surface area contributed by atoms with Crippen molar-refractivity contribution < 1.29 is 4.79 Å². The quantitative estimate of drug-likeness (QED) is 0.605. The van der Waals surface area contributed by atoms with E-state index in [-0.39, 0.29) is 5.91 Å². The molecule has 88 valence electrons. The molecular formula is C11H18N4O. The molecule has 0 aromatic carbocycles. The lowest BCUT2D eigenvalue weighted by Crippen LogP contribution is -2.12.